The predicted molar refractivity (Wildman–Crippen MR) is 101 cm³/mol. The largest absolute Gasteiger partial charge is 0.480 e. The van der Waals surface area contributed by atoms with Crippen LogP contribution in [0.5, 0.6) is 0 Å². The Balaban J connectivity index is 1.76. The first-order chi connectivity index (χ1) is 12.5. The van der Waals surface area contributed by atoms with Gasteiger partial charge in [0, 0.05) is 0 Å². The molecule has 27 heavy (non-hydrogen) atoms. The van der Waals surface area contributed by atoms with E-state index in [9.17, 15) is 27.3 Å². The lowest BCUT2D eigenvalue weighted by molar-refractivity contribution is -0.150. The molecule has 1 aromatic carbocycles. The summed E-state index contributed by atoms with van der Waals surface area (Å²) in [5.41, 5.74) is 0.795. The number of carboxylic acid groups (broad SMARTS) is 1. The standard InChI is InChI=1S/C15H17N3O6S3/c1-8-4-6-9(7-5-8)27(23,24)17-25-16-10-12(19)18-11(14(20)21)15(2,3)26(22)13(10)18/h4-7,11,13,17H,1-3H3,(H,20,21)/b16-10+/t11-,13+,26?/m0/s1. The number of aryl methyl sites for hydroxylation is 1. The summed E-state index contributed by atoms with van der Waals surface area (Å²) in [4.78, 5) is 24.8. The SMILES string of the molecule is Cc1ccc(S(=O)(=O)NS/N=C2\C(=O)N3[C@@H]2S(=O)C(C)(C)[C@@H]3C(=O)O)cc1. The average molecular weight is 432 g/mol. The minimum atomic E-state index is -3.85. The van der Waals surface area contributed by atoms with Crippen LogP contribution in [0.25, 0.3) is 0 Å². The monoisotopic (exact) mass is 431 g/mol. The van der Waals surface area contributed by atoms with E-state index in [2.05, 4.69) is 8.53 Å². The highest BCUT2D eigenvalue weighted by Gasteiger charge is 2.66. The van der Waals surface area contributed by atoms with Crippen LogP contribution >= 0.6 is 12.1 Å². The van der Waals surface area contributed by atoms with Gasteiger partial charge in [0.05, 0.1) is 32.6 Å². The van der Waals surface area contributed by atoms with Crippen molar-refractivity contribution in [2.75, 3.05) is 0 Å². The summed E-state index contributed by atoms with van der Waals surface area (Å²) in [5, 5.41) is 8.40. The van der Waals surface area contributed by atoms with Crippen molar-refractivity contribution < 1.29 is 27.3 Å². The highest BCUT2D eigenvalue weighted by molar-refractivity contribution is 8.08. The van der Waals surface area contributed by atoms with Gasteiger partial charge in [-0.15, -0.1) is 4.13 Å². The lowest BCUT2D eigenvalue weighted by atomic mass is 9.98. The molecule has 3 rings (SSSR count). The van der Waals surface area contributed by atoms with Gasteiger partial charge in [-0.05, 0) is 32.9 Å². The molecular formula is C15H17N3O6S3. The molecule has 2 fully saturated rings. The fraction of sp³-hybridized carbons (Fsp3) is 0.400. The minimum Gasteiger partial charge on any atom is -0.480 e. The molecule has 9 nitrogen and oxygen atoms in total. The number of fused-ring (bicyclic) bond motifs is 1. The molecule has 2 aliphatic heterocycles. The third-order valence-corrected chi connectivity index (χ3v) is 8.93. The second-order valence-corrected chi connectivity index (χ2v) is 11.3. The molecule has 2 saturated heterocycles. The summed E-state index contributed by atoms with van der Waals surface area (Å²) in [6.07, 6.45) is 0. The van der Waals surface area contributed by atoms with E-state index in [1.807, 2.05) is 6.92 Å². The molecule has 1 unspecified atom stereocenters. The number of hydrogen-bond donors (Lipinski definition) is 2. The number of carbonyl (C=O) groups is 2. The topological polar surface area (TPSA) is 133 Å². The number of nitrogens with zero attached hydrogens (tertiary/aromatic N) is 2. The zero-order valence-electron chi connectivity index (χ0n) is 14.6. The van der Waals surface area contributed by atoms with Crippen molar-refractivity contribution in [3.63, 3.8) is 0 Å². The van der Waals surface area contributed by atoms with Crippen LogP contribution in [0.15, 0.2) is 33.6 Å². The molecule has 3 atom stereocenters. The summed E-state index contributed by atoms with van der Waals surface area (Å²) in [7, 11) is -5.53. The van der Waals surface area contributed by atoms with Crippen LogP contribution in [-0.2, 0) is 30.4 Å². The molecule has 0 radical (unpaired) electrons. The third-order valence-electron chi connectivity index (χ3n) is 4.45. The number of rotatable bonds is 5. The van der Waals surface area contributed by atoms with Gasteiger partial charge in [-0.3, -0.25) is 9.00 Å². The predicted octanol–water partition coefficient (Wildman–Crippen LogP) is 0.440. The van der Waals surface area contributed by atoms with Gasteiger partial charge in [0.1, 0.15) is 6.04 Å². The maximum Gasteiger partial charge on any atom is 0.328 e. The van der Waals surface area contributed by atoms with E-state index in [-0.39, 0.29) is 10.6 Å². The number of β-lactam (4-membered cyclic amide) rings is 1. The summed E-state index contributed by atoms with van der Waals surface area (Å²) >= 11 is 0.428. The van der Waals surface area contributed by atoms with E-state index >= 15 is 0 Å². The number of benzene rings is 1. The van der Waals surface area contributed by atoms with E-state index < -0.39 is 48.9 Å². The number of hydrogen-bond acceptors (Lipinski definition) is 7. The van der Waals surface area contributed by atoms with Crippen molar-refractivity contribution >= 4 is 50.5 Å². The molecule has 2 aliphatic rings. The Bertz CT molecular complexity index is 971. The van der Waals surface area contributed by atoms with Crippen molar-refractivity contribution in [3.8, 4) is 0 Å². The molecule has 0 spiro atoms. The molecule has 1 amide bonds. The molecule has 0 saturated carbocycles. The molecule has 0 aromatic heterocycles. The number of carbonyl (C=O) groups excluding carboxylic acids is 1. The molecule has 2 heterocycles. The highest BCUT2D eigenvalue weighted by Crippen LogP contribution is 2.42. The van der Waals surface area contributed by atoms with Crippen LogP contribution in [0.3, 0.4) is 0 Å². The Hall–Kier alpha value is -1.76. The third kappa shape index (κ3) is 3.20. The second-order valence-electron chi connectivity index (χ2n) is 6.67. The van der Waals surface area contributed by atoms with E-state index in [0.717, 1.165) is 10.5 Å². The van der Waals surface area contributed by atoms with Gasteiger partial charge in [-0.2, -0.15) is 4.40 Å². The molecule has 0 bridgehead atoms. The number of carboxylic acids is 1. The van der Waals surface area contributed by atoms with Crippen LogP contribution in [0.1, 0.15) is 19.4 Å². The van der Waals surface area contributed by atoms with Gasteiger partial charge in [0.25, 0.3) is 15.9 Å². The molecule has 2 N–H and O–H groups in total. The minimum absolute atomic E-state index is 0.0406. The van der Waals surface area contributed by atoms with Crippen LogP contribution in [-0.4, -0.2) is 56.4 Å². The first kappa shape index (κ1) is 20.0. The van der Waals surface area contributed by atoms with Crippen LogP contribution < -0.4 is 4.13 Å². The first-order valence-corrected chi connectivity index (χ1v) is 11.2. The van der Waals surface area contributed by atoms with Gasteiger partial charge in [0.2, 0.25) is 0 Å². The Morgan fingerprint density at radius 2 is 1.93 bits per heavy atom. The summed E-state index contributed by atoms with van der Waals surface area (Å²) in [5.74, 6) is -1.90. The van der Waals surface area contributed by atoms with Crippen LogP contribution in [0, 0.1) is 6.92 Å². The summed E-state index contributed by atoms with van der Waals surface area (Å²) in [6, 6.07) is 4.95. The lowest BCUT2D eigenvalue weighted by Gasteiger charge is -2.36. The lowest BCUT2D eigenvalue weighted by Crippen LogP contribution is -2.63. The van der Waals surface area contributed by atoms with Crippen molar-refractivity contribution in [1.82, 2.24) is 9.03 Å². The van der Waals surface area contributed by atoms with E-state index in [4.69, 9.17) is 0 Å². The number of aliphatic carboxylic acids is 1. The van der Waals surface area contributed by atoms with Crippen molar-refractivity contribution in [3.05, 3.63) is 29.8 Å². The van der Waals surface area contributed by atoms with Crippen LogP contribution in [0.2, 0.25) is 0 Å². The van der Waals surface area contributed by atoms with E-state index in [1.54, 1.807) is 12.1 Å². The Labute approximate surface area is 163 Å². The summed E-state index contributed by atoms with van der Waals surface area (Å²) < 4.78 is 41.9. The molecule has 0 aliphatic carbocycles. The highest BCUT2D eigenvalue weighted by atomic mass is 32.3. The van der Waals surface area contributed by atoms with Crippen molar-refractivity contribution in [2.24, 2.45) is 4.40 Å². The zero-order valence-corrected chi connectivity index (χ0v) is 17.0. The molecule has 12 heteroatoms. The Morgan fingerprint density at radius 1 is 1.33 bits per heavy atom. The fourth-order valence-electron chi connectivity index (χ4n) is 2.98. The van der Waals surface area contributed by atoms with Crippen molar-refractivity contribution in [2.45, 2.75) is 41.8 Å². The van der Waals surface area contributed by atoms with E-state index in [1.165, 1.54) is 26.0 Å². The fourth-order valence-corrected chi connectivity index (χ4v) is 6.54. The van der Waals surface area contributed by atoms with Crippen LogP contribution in [0.4, 0.5) is 0 Å². The maximum absolute atomic E-state index is 12.6. The normalized spacial score (nSPS) is 28.1. The van der Waals surface area contributed by atoms with Gasteiger partial charge < -0.3 is 10.0 Å². The van der Waals surface area contributed by atoms with Gasteiger partial charge in [-0.25, -0.2) is 13.2 Å². The smallest absolute Gasteiger partial charge is 0.328 e. The number of nitrogens with one attached hydrogen (secondary N) is 1. The quantitative estimate of drug-likeness (QED) is 0.510. The first-order valence-electron chi connectivity index (χ1n) is 7.77. The Morgan fingerprint density at radius 3 is 2.48 bits per heavy atom. The van der Waals surface area contributed by atoms with E-state index in [0.29, 0.717) is 12.1 Å². The van der Waals surface area contributed by atoms with Gasteiger partial charge in [-0.1, -0.05) is 17.7 Å². The number of amides is 1. The van der Waals surface area contributed by atoms with Gasteiger partial charge >= 0.3 is 5.97 Å². The molecule has 146 valence electrons. The van der Waals surface area contributed by atoms with Gasteiger partial charge in [0.15, 0.2) is 11.1 Å². The second kappa shape index (κ2) is 6.69. The zero-order chi connectivity index (χ0) is 20.1. The summed E-state index contributed by atoms with van der Waals surface area (Å²) in [6.45, 7) is 4.85. The average Bonchev–Trinajstić information content (AvgIpc) is 2.76. The number of sulfonamides is 1. The van der Waals surface area contributed by atoms with Crippen molar-refractivity contribution in [1.29, 1.82) is 0 Å². The molecular weight excluding hydrogens is 414 g/mol. The molecule has 1 aromatic rings. The maximum atomic E-state index is 12.6. The Kier molecular flexibility index (Phi) is 4.95.